The van der Waals surface area contributed by atoms with Crippen molar-refractivity contribution in [2.75, 3.05) is 37.4 Å². The highest BCUT2D eigenvalue weighted by Crippen LogP contribution is 2.28. The van der Waals surface area contributed by atoms with E-state index in [0.29, 0.717) is 30.5 Å². The first-order valence-electron chi connectivity index (χ1n) is 6.67. The van der Waals surface area contributed by atoms with Crippen molar-refractivity contribution in [2.45, 2.75) is 33.3 Å². The third-order valence-corrected chi connectivity index (χ3v) is 2.40. The highest BCUT2D eigenvalue weighted by atomic mass is 16.5. The van der Waals surface area contributed by atoms with Gasteiger partial charge in [0.2, 0.25) is 5.75 Å². The van der Waals surface area contributed by atoms with E-state index in [4.69, 9.17) is 9.47 Å². The van der Waals surface area contributed by atoms with Crippen LogP contribution in [0.25, 0.3) is 0 Å². The van der Waals surface area contributed by atoms with Gasteiger partial charge in [0, 0.05) is 13.1 Å². The molecule has 0 aliphatic carbocycles. The van der Waals surface area contributed by atoms with Crippen molar-refractivity contribution in [2.24, 2.45) is 0 Å². The molecule has 1 aromatic heterocycles. The van der Waals surface area contributed by atoms with Crippen molar-refractivity contribution >= 4 is 11.6 Å². The van der Waals surface area contributed by atoms with E-state index in [1.165, 1.54) is 6.33 Å². The van der Waals surface area contributed by atoms with Crippen LogP contribution in [0.2, 0.25) is 0 Å². The molecular weight excluding hydrogens is 244 g/mol. The molecule has 0 saturated heterocycles. The molecule has 1 heterocycles. The van der Waals surface area contributed by atoms with E-state index in [9.17, 15) is 0 Å². The predicted octanol–water partition coefficient (Wildman–Crippen LogP) is 2.14. The van der Waals surface area contributed by atoms with E-state index >= 15 is 0 Å². The highest BCUT2D eigenvalue weighted by molar-refractivity contribution is 5.63. The Morgan fingerprint density at radius 1 is 1.16 bits per heavy atom. The monoisotopic (exact) mass is 268 g/mol. The van der Waals surface area contributed by atoms with Gasteiger partial charge in [0.15, 0.2) is 11.6 Å². The van der Waals surface area contributed by atoms with E-state index < -0.39 is 0 Å². The van der Waals surface area contributed by atoms with Crippen molar-refractivity contribution in [1.82, 2.24) is 9.97 Å². The Morgan fingerprint density at radius 2 is 1.79 bits per heavy atom. The molecule has 0 bridgehead atoms. The van der Waals surface area contributed by atoms with Crippen molar-refractivity contribution < 1.29 is 9.47 Å². The van der Waals surface area contributed by atoms with Gasteiger partial charge in [0.05, 0.1) is 19.8 Å². The summed E-state index contributed by atoms with van der Waals surface area (Å²) < 4.78 is 10.8. The van der Waals surface area contributed by atoms with E-state index in [2.05, 4.69) is 27.5 Å². The van der Waals surface area contributed by atoms with Crippen molar-refractivity contribution in [3.8, 4) is 5.75 Å². The summed E-state index contributed by atoms with van der Waals surface area (Å²) in [5.74, 6) is 2.04. The largest absolute Gasteiger partial charge is 0.490 e. The molecule has 0 saturated carbocycles. The van der Waals surface area contributed by atoms with Crippen LogP contribution in [0.15, 0.2) is 6.33 Å². The molecule has 0 aromatic carbocycles. The summed E-state index contributed by atoms with van der Waals surface area (Å²) in [7, 11) is 1.62. The maximum absolute atomic E-state index is 5.47. The molecule has 1 aromatic rings. The van der Waals surface area contributed by atoms with Gasteiger partial charge in [-0.3, -0.25) is 0 Å². The van der Waals surface area contributed by atoms with Crippen molar-refractivity contribution in [3.63, 3.8) is 0 Å². The fraction of sp³-hybridized carbons (Fsp3) is 0.692. The van der Waals surface area contributed by atoms with E-state index in [1.54, 1.807) is 7.11 Å². The number of hydrogen-bond donors (Lipinski definition) is 2. The molecule has 0 radical (unpaired) electrons. The highest BCUT2D eigenvalue weighted by Gasteiger charge is 2.11. The third-order valence-electron chi connectivity index (χ3n) is 2.40. The maximum atomic E-state index is 5.47. The van der Waals surface area contributed by atoms with Crippen LogP contribution in [-0.4, -0.2) is 42.9 Å². The smallest absolute Gasteiger partial charge is 0.204 e. The topological polar surface area (TPSA) is 68.3 Å². The van der Waals surface area contributed by atoms with Gasteiger partial charge < -0.3 is 20.1 Å². The third kappa shape index (κ3) is 5.30. The summed E-state index contributed by atoms with van der Waals surface area (Å²) in [4.78, 5) is 8.38. The summed E-state index contributed by atoms with van der Waals surface area (Å²) in [6.07, 6.45) is 2.78. The number of hydrogen-bond acceptors (Lipinski definition) is 6. The van der Waals surface area contributed by atoms with Gasteiger partial charge in [-0.15, -0.1) is 0 Å². The quantitative estimate of drug-likeness (QED) is 0.669. The average Bonchev–Trinajstić information content (AvgIpc) is 2.41. The Balaban J connectivity index is 2.61. The Bertz CT molecular complexity index is 372. The van der Waals surface area contributed by atoms with Crippen LogP contribution in [0.5, 0.6) is 5.75 Å². The fourth-order valence-electron chi connectivity index (χ4n) is 1.53. The number of nitrogens with zero attached hydrogens (tertiary/aromatic N) is 2. The maximum Gasteiger partial charge on any atom is 0.204 e. The molecule has 6 heteroatoms. The summed E-state index contributed by atoms with van der Waals surface area (Å²) >= 11 is 0. The Kier molecular flexibility index (Phi) is 6.95. The van der Waals surface area contributed by atoms with E-state index in [1.807, 2.05) is 13.8 Å². The molecule has 6 nitrogen and oxygen atoms in total. The zero-order chi connectivity index (χ0) is 14.1. The summed E-state index contributed by atoms with van der Waals surface area (Å²) in [5, 5.41) is 6.41. The van der Waals surface area contributed by atoms with Crippen LogP contribution in [0, 0.1) is 0 Å². The molecule has 19 heavy (non-hydrogen) atoms. The van der Waals surface area contributed by atoms with Gasteiger partial charge in [-0.05, 0) is 20.3 Å². The average molecular weight is 268 g/mol. The molecule has 0 aliphatic rings. The van der Waals surface area contributed by atoms with Crippen LogP contribution in [0.1, 0.15) is 27.2 Å². The van der Waals surface area contributed by atoms with Gasteiger partial charge in [-0.2, -0.15) is 0 Å². The summed E-state index contributed by atoms with van der Waals surface area (Å²) in [5.41, 5.74) is 0. The first kappa shape index (κ1) is 15.5. The molecule has 1 rings (SSSR count). The second kappa shape index (κ2) is 8.53. The number of ether oxygens (including phenoxy) is 2. The van der Waals surface area contributed by atoms with Gasteiger partial charge >= 0.3 is 0 Å². The zero-order valence-electron chi connectivity index (χ0n) is 12.2. The van der Waals surface area contributed by atoms with Gasteiger partial charge in [-0.1, -0.05) is 6.92 Å². The molecule has 0 amide bonds. The lowest BCUT2D eigenvalue weighted by Gasteiger charge is -2.14. The fourth-order valence-corrected chi connectivity index (χ4v) is 1.53. The standard InChI is InChI=1S/C13H24N4O2/c1-5-6-14-12-11(18-4)13(17-9-16-12)15-7-8-19-10(2)3/h9-10H,5-8H2,1-4H3,(H2,14,15,16,17). The molecule has 0 atom stereocenters. The molecule has 0 fully saturated rings. The first-order valence-corrected chi connectivity index (χ1v) is 6.67. The molecule has 2 N–H and O–H groups in total. The number of aromatic nitrogens is 2. The summed E-state index contributed by atoms with van der Waals surface area (Å²) in [6.45, 7) is 8.28. The van der Waals surface area contributed by atoms with E-state index in [0.717, 1.165) is 13.0 Å². The molecule has 0 aliphatic heterocycles. The number of methoxy groups -OCH3 is 1. The Labute approximate surface area is 114 Å². The molecule has 0 unspecified atom stereocenters. The predicted molar refractivity (Wildman–Crippen MR) is 76.9 cm³/mol. The van der Waals surface area contributed by atoms with Gasteiger partial charge in [0.1, 0.15) is 6.33 Å². The summed E-state index contributed by atoms with van der Waals surface area (Å²) in [6, 6.07) is 0. The lowest BCUT2D eigenvalue weighted by Crippen LogP contribution is -2.15. The van der Waals surface area contributed by atoms with Crippen LogP contribution in [0.4, 0.5) is 11.6 Å². The minimum Gasteiger partial charge on any atom is -0.490 e. The first-order chi connectivity index (χ1) is 9.19. The van der Waals surface area contributed by atoms with Crippen LogP contribution in [0.3, 0.4) is 0 Å². The SMILES string of the molecule is CCCNc1ncnc(NCCOC(C)C)c1OC. The Hall–Kier alpha value is -1.56. The minimum absolute atomic E-state index is 0.232. The number of rotatable bonds is 9. The number of anilines is 2. The second-order valence-corrected chi connectivity index (χ2v) is 4.38. The lowest BCUT2D eigenvalue weighted by molar-refractivity contribution is 0.0870. The zero-order valence-corrected chi connectivity index (χ0v) is 12.2. The van der Waals surface area contributed by atoms with Crippen LogP contribution >= 0.6 is 0 Å². The Morgan fingerprint density at radius 3 is 2.32 bits per heavy atom. The van der Waals surface area contributed by atoms with Gasteiger partial charge in [0.25, 0.3) is 0 Å². The molecule has 0 spiro atoms. The minimum atomic E-state index is 0.232. The van der Waals surface area contributed by atoms with Crippen LogP contribution in [-0.2, 0) is 4.74 Å². The second-order valence-electron chi connectivity index (χ2n) is 4.38. The number of nitrogens with one attached hydrogen (secondary N) is 2. The van der Waals surface area contributed by atoms with Crippen molar-refractivity contribution in [1.29, 1.82) is 0 Å². The normalized spacial score (nSPS) is 10.6. The van der Waals surface area contributed by atoms with Crippen LogP contribution < -0.4 is 15.4 Å². The van der Waals surface area contributed by atoms with E-state index in [-0.39, 0.29) is 6.10 Å². The van der Waals surface area contributed by atoms with Crippen molar-refractivity contribution in [3.05, 3.63) is 6.33 Å². The van der Waals surface area contributed by atoms with Gasteiger partial charge in [-0.25, -0.2) is 9.97 Å². The molecule has 108 valence electrons. The molecular formula is C13H24N4O2. The lowest BCUT2D eigenvalue weighted by atomic mass is 10.4.